The molecule has 0 aromatic heterocycles. The lowest BCUT2D eigenvalue weighted by Gasteiger charge is -2.16. The van der Waals surface area contributed by atoms with Gasteiger partial charge >= 0.3 is 0 Å². The first kappa shape index (κ1) is 15.0. The predicted molar refractivity (Wildman–Crippen MR) is 79.3 cm³/mol. The van der Waals surface area contributed by atoms with Gasteiger partial charge in [-0.05, 0) is 18.6 Å². The van der Waals surface area contributed by atoms with Crippen LogP contribution in [0.5, 0.6) is 0 Å². The van der Waals surface area contributed by atoms with E-state index < -0.39 is 5.91 Å². The molecule has 2 unspecified atom stereocenters. The zero-order valence-corrected chi connectivity index (χ0v) is 12.3. The number of hydrogen-bond donors (Lipinski definition) is 2. The predicted octanol–water partition coefficient (Wildman–Crippen LogP) is 1.16. The summed E-state index contributed by atoms with van der Waals surface area (Å²) in [5.41, 5.74) is 7.60. The summed E-state index contributed by atoms with van der Waals surface area (Å²) in [7, 11) is 0. The standard InChI is InChI=1S/C15H19N3O3/c1-8-5-4-6-11(16)13(8)17-12(19)7-18-14(20)9(2)10(3)15(18)21/h4-6,9-10H,7,16H2,1-3H3,(H,17,19). The third-order valence-electron chi connectivity index (χ3n) is 3.93. The minimum Gasteiger partial charge on any atom is -0.397 e. The first-order chi connectivity index (χ1) is 9.82. The molecular formula is C15H19N3O3. The van der Waals surface area contributed by atoms with Gasteiger partial charge in [0, 0.05) is 11.8 Å². The minimum atomic E-state index is -0.431. The van der Waals surface area contributed by atoms with Gasteiger partial charge in [0.15, 0.2) is 0 Å². The molecule has 0 bridgehead atoms. The molecule has 1 fully saturated rings. The van der Waals surface area contributed by atoms with Gasteiger partial charge in [-0.2, -0.15) is 0 Å². The number of anilines is 2. The molecule has 6 nitrogen and oxygen atoms in total. The molecule has 112 valence electrons. The van der Waals surface area contributed by atoms with Gasteiger partial charge in [0.1, 0.15) is 6.54 Å². The molecule has 6 heteroatoms. The average Bonchev–Trinajstić information content (AvgIpc) is 2.61. The van der Waals surface area contributed by atoms with Crippen molar-refractivity contribution in [3.05, 3.63) is 23.8 Å². The molecule has 1 aliphatic heterocycles. The first-order valence-corrected chi connectivity index (χ1v) is 6.83. The lowest BCUT2D eigenvalue weighted by molar-refractivity contribution is -0.142. The summed E-state index contributed by atoms with van der Waals surface area (Å²) in [5, 5.41) is 2.67. The third kappa shape index (κ3) is 2.74. The van der Waals surface area contributed by atoms with Crippen LogP contribution in [0.2, 0.25) is 0 Å². The molecule has 0 aliphatic carbocycles. The molecule has 0 spiro atoms. The van der Waals surface area contributed by atoms with Gasteiger partial charge in [-0.1, -0.05) is 26.0 Å². The topological polar surface area (TPSA) is 92.5 Å². The van der Waals surface area contributed by atoms with Crippen LogP contribution in [0.25, 0.3) is 0 Å². The molecule has 3 N–H and O–H groups in total. The van der Waals surface area contributed by atoms with Crippen LogP contribution in [0.1, 0.15) is 19.4 Å². The zero-order chi connectivity index (χ0) is 15.7. The molecule has 1 aromatic carbocycles. The van der Waals surface area contributed by atoms with Crippen LogP contribution in [0.4, 0.5) is 11.4 Å². The van der Waals surface area contributed by atoms with E-state index in [9.17, 15) is 14.4 Å². The number of nitrogen functional groups attached to an aromatic ring is 1. The van der Waals surface area contributed by atoms with Crippen molar-refractivity contribution in [1.29, 1.82) is 0 Å². The highest BCUT2D eigenvalue weighted by Crippen LogP contribution is 2.26. The molecule has 21 heavy (non-hydrogen) atoms. The number of nitrogens with zero attached hydrogens (tertiary/aromatic N) is 1. The summed E-state index contributed by atoms with van der Waals surface area (Å²) in [6.45, 7) is 4.94. The lowest BCUT2D eigenvalue weighted by Crippen LogP contribution is -2.38. The van der Waals surface area contributed by atoms with Crippen LogP contribution in [0, 0.1) is 18.8 Å². The van der Waals surface area contributed by atoms with Crippen molar-refractivity contribution in [3.8, 4) is 0 Å². The molecular weight excluding hydrogens is 270 g/mol. The highest BCUT2D eigenvalue weighted by molar-refractivity contribution is 6.08. The molecule has 1 heterocycles. The second kappa shape index (κ2) is 5.55. The Morgan fingerprint density at radius 1 is 1.24 bits per heavy atom. The Balaban J connectivity index is 2.09. The maximum atomic E-state index is 12.1. The van der Waals surface area contributed by atoms with Crippen molar-refractivity contribution in [2.45, 2.75) is 20.8 Å². The molecule has 2 atom stereocenters. The minimum absolute atomic E-state index is 0.278. The number of amides is 3. The number of benzene rings is 1. The van der Waals surface area contributed by atoms with Crippen molar-refractivity contribution in [2.75, 3.05) is 17.6 Å². The molecule has 2 rings (SSSR count). The first-order valence-electron chi connectivity index (χ1n) is 6.83. The summed E-state index contributed by atoms with van der Waals surface area (Å²) in [4.78, 5) is 37.0. The van der Waals surface area contributed by atoms with Crippen LogP contribution in [0.3, 0.4) is 0 Å². The summed E-state index contributed by atoms with van der Waals surface area (Å²) in [6, 6.07) is 5.29. The Kier molecular flexibility index (Phi) is 3.97. The number of imide groups is 1. The highest BCUT2D eigenvalue weighted by Gasteiger charge is 2.42. The van der Waals surface area contributed by atoms with E-state index in [2.05, 4.69) is 5.32 Å². The van der Waals surface area contributed by atoms with E-state index in [1.54, 1.807) is 26.0 Å². The number of likely N-dealkylation sites (tertiary alicyclic amines) is 1. The highest BCUT2D eigenvalue weighted by atomic mass is 16.2. The fourth-order valence-corrected chi connectivity index (χ4v) is 2.37. The van der Waals surface area contributed by atoms with Crippen LogP contribution in [-0.4, -0.2) is 29.2 Å². The molecule has 0 radical (unpaired) electrons. The molecule has 0 saturated carbocycles. The monoisotopic (exact) mass is 289 g/mol. The van der Waals surface area contributed by atoms with Crippen molar-refractivity contribution < 1.29 is 14.4 Å². The van der Waals surface area contributed by atoms with E-state index in [1.165, 1.54) is 0 Å². The van der Waals surface area contributed by atoms with E-state index in [0.717, 1.165) is 10.5 Å². The number of nitrogens with two attached hydrogens (primary N) is 1. The lowest BCUT2D eigenvalue weighted by atomic mass is 10.00. The van der Waals surface area contributed by atoms with Gasteiger partial charge in [0.25, 0.3) is 0 Å². The van der Waals surface area contributed by atoms with Gasteiger partial charge in [-0.15, -0.1) is 0 Å². The van der Waals surface area contributed by atoms with Gasteiger partial charge < -0.3 is 11.1 Å². The molecule has 1 aliphatic rings. The number of rotatable bonds is 3. The maximum Gasteiger partial charge on any atom is 0.244 e. The summed E-state index contributed by atoms with van der Waals surface area (Å²) < 4.78 is 0. The Labute approximate surface area is 123 Å². The quantitative estimate of drug-likeness (QED) is 0.645. The Morgan fingerprint density at radius 3 is 2.33 bits per heavy atom. The normalized spacial score (nSPS) is 21.8. The van der Waals surface area contributed by atoms with Gasteiger partial charge in [0.2, 0.25) is 17.7 Å². The van der Waals surface area contributed by atoms with Crippen molar-refractivity contribution in [2.24, 2.45) is 11.8 Å². The van der Waals surface area contributed by atoms with Crippen molar-refractivity contribution >= 4 is 29.1 Å². The Bertz CT molecular complexity index is 572. The van der Waals surface area contributed by atoms with E-state index in [0.29, 0.717) is 11.4 Å². The summed E-state index contributed by atoms with van der Waals surface area (Å²) >= 11 is 0. The number of carbonyl (C=O) groups is 3. The average molecular weight is 289 g/mol. The Morgan fingerprint density at radius 2 is 1.81 bits per heavy atom. The van der Waals surface area contributed by atoms with Gasteiger partial charge in [-0.25, -0.2) is 0 Å². The number of nitrogens with one attached hydrogen (secondary N) is 1. The van der Waals surface area contributed by atoms with Crippen molar-refractivity contribution in [1.82, 2.24) is 4.90 Å². The zero-order valence-electron chi connectivity index (χ0n) is 12.3. The summed E-state index contributed by atoms with van der Waals surface area (Å²) in [5.74, 6) is -1.80. The second-order valence-electron chi connectivity index (χ2n) is 5.43. The van der Waals surface area contributed by atoms with Gasteiger partial charge in [-0.3, -0.25) is 19.3 Å². The van der Waals surface area contributed by atoms with Crippen molar-refractivity contribution in [3.63, 3.8) is 0 Å². The Hall–Kier alpha value is -2.37. The number of carbonyl (C=O) groups excluding carboxylic acids is 3. The van der Waals surface area contributed by atoms with Crippen LogP contribution in [-0.2, 0) is 14.4 Å². The second-order valence-corrected chi connectivity index (χ2v) is 5.43. The fourth-order valence-electron chi connectivity index (χ4n) is 2.37. The van der Waals surface area contributed by atoms with E-state index >= 15 is 0 Å². The maximum absolute atomic E-state index is 12.1. The number of aryl methyl sites for hydroxylation is 1. The number of para-hydroxylation sites is 1. The van der Waals surface area contributed by atoms with Crippen LogP contribution >= 0.6 is 0 Å². The molecule has 1 aromatic rings. The SMILES string of the molecule is Cc1cccc(N)c1NC(=O)CN1C(=O)C(C)C(C)C1=O. The van der Waals surface area contributed by atoms with E-state index in [-0.39, 0.29) is 30.2 Å². The van der Waals surface area contributed by atoms with E-state index in [1.807, 2.05) is 13.0 Å². The number of hydrogen-bond acceptors (Lipinski definition) is 4. The van der Waals surface area contributed by atoms with Crippen LogP contribution < -0.4 is 11.1 Å². The molecule has 3 amide bonds. The summed E-state index contributed by atoms with van der Waals surface area (Å²) in [6.07, 6.45) is 0. The van der Waals surface area contributed by atoms with Crippen LogP contribution in [0.15, 0.2) is 18.2 Å². The third-order valence-corrected chi connectivity index (χ3v) is 3.93. The van der Waals surface area contributed by atoms with Gasteiger partial charge in [0.05, 0.1) is 11.4 Å². The largest absolute Gasteiger partial charge is 0.397 e. The smallest absolute Gasteiger partial charge is 0.244 e. The van der Waals surface area contributed by atoms with E-state index in [4.69, 9.17) is 5.73 Å². The molecule has 1 saturated heterocycles. The fraction of sp³-hybridized carbons (Fsp3) is 0.400.